The van der Waals surface area contributed by atoms with E-state index in [-0.39, 0.29) is 11.5 Å². The summed E-state index contributed by atoms with van der Waals surface area (Å²) in [7, 11) is 0. The smallest absolute Gasteiger partial charge is 0.157 e. The fourth-order valence-corrected chi connectivity index (χ4v) is 1.73. The van der Waals surface area contributed by atoms with Crippen LogP contribution in [-0.4, -0.2) is 10.2 Å². The molecule has 0 aliphatic carbocycles. The van der Waals surface area contributed by atoms with Crippen molar-refractivity contribution in [1.82, 2.24) is 0 Å². The Bertz CT molecular complexity index is 490. The summed E-state index contributed by atoms with van der Waals surface area (Å²) in [6.07, 6.45) is 0.764. The van der Waals surface area contributed by atoms with Crippen LogP contribution >= 0.6 is 0 Å². The van der Waals surface area contributed by atoms with Crippen LogP contribution in [0.3, 0.4) is 0 Å². The zero-order valence-electron chi connectivity index (χ0n) is 9.14. The average Bonchev–Trinajstić information content (AvgIpc) is 2.27. The number of phenolic OH excluding ortho intramolecular Hbond substituents is 2. The number of hydrogen-bond acceptors (Lipinski definition) is 2. The van der Waals surface area contributed by atoms with Crippen LogP contribution in [-0.2, 0) is 6.42 Å². The second-order valence-electron chi connectivity index (χ2n) is 3.93. The van der Waals surface area contributed by atoms with Crippen molar-refractivity contribution < 1.29 is 10.2 Å². The van der Waals surface area contributed by atoms with Crippen molar-refractivity contribution >= 4 is 0 Å². The van der Waals surface area contributed by atoms with Gasteiger partial charge in [0, 0.05) is 0 Å². The monoisotopic (exact) mass is 214 g/mol. The second-order valence-corrected chi connectivity index (χ2v) is 3.93. The molecule has 0 aliphatic rings. The molecule has 0 bridgehead atoms. The van der Waals surface area contributed by atoms with Crippen molar-refractivity contribution in [3.63, 3.8) is 0 Å². The summed E-state index contributed by atoms with van der Waals surface area (Å²) in [5.41, 5.74) is 3.20. The number of benzene rings is 2. The van der Waals surface area contributed by atoms with E-state index in [0.717, 1.165) is 17.5 Å². The minimum Gasteiger partial charge on any atom is -0.504 e. The van der Waals surface area contributed by atoms with Gasteiger partial charge >= 0.3 is 0 Å². The molecule has 0 atom stereocenters. The molecule has 2 aromatic carbocycles. The Labute approximate surface area is 94.8 Å². The average molecular weight is 214 g/mol. The van der Waals surface area contributed by atoms with E-state index in [4.69, 9.17) is 0 Å². The van der Waals surface area contributed by atoms with Gasteiger partial charge in [0.15, 0.2) is 11.5 Å². The maximum Gasteiger partial charge on any atom is 0.157 e. The topological polar surface area (TPSA) is 40.5 Å². The lowest BCUT2D eigenvalue weighted by atomic mass is 10.00. The number of hydrogen-bond donors (Lipinski definition) is 2. The van der Waals surface area contributed by atoms with Crippen LogP contribution in [0, 0.1) is 6.92 Å². The number of aryl methyl sites for hydroxylation is 1. The minimum atomic E-state index is -0.0608. The fraction of sp³-hybridized carbons (Fsp3) is 0.143. The maximum absolute atomic E-state index is 9.45. The highest BCUT2D eigenvalue weighted by Crippen LogP contribution is 2.29. The maximum atomic E-state index is 9.45. The van der Waals surface area contributed by atoms with Crippen LogP contribution in [0.4, 0.5) is 0 Å². The quantitative estimate of drug-likeness (QED) is 0.754. The fourth-order valence-electron chi connectivity index (χ4n) is 1.73. The summed E-state index contributed by atoms with van der Waals surface area (Å²) < 4.78 is 0. The molecule has 2 N–H and O–H groups in total. The Kier molecular flexibility index (Phi) is 2.82. The standard InChI is InChI=1S/C14H14O2/c1-10-7-13(15)14(16)9-12(10)8-11-5-3-2-4-6-11/h2-7,9,15-16H,8H2,1H3. The predicted octanol–water partition coefficient (Wildman–Crippen LogP) is 3.00. The highest BCUT2D eigenvalue weighted by Gasteiger charge is 2.05. The zero-order valence-corrected chi connectivity index (χ0v) is 9.14. The van der Waals surface area contributed by atoms with Gasteiger partial charge in [-0.1, -0.05) is 30.3 Å². The van der Waals surface area contributed by atoms with Gasteiger partial charge in [0.25, 0.3) is 0 Å². The van der Waals surface area contributed by atoms with Crippen LogP contribution in [0.15, 0.2) is 42.5 Å². The summed E-state index contributed by atoms with van der Waals surface area (Å²) in [6.45, 7) is 1.93. The van der Waals surface area contributed by atoms with E-state index in [9.17, 15) is 10.2 Å². The molecule has 2 nitrogen and oxygen atoms in total. The Morgan fingerprint density at radius 1 is 0.938 bits per heavy atom. The van der Waals surface area contributed by atoms with Crippen molar-refractivity contribution in [1.29, 1.82) is 0 Å². The first-order chi connectivity index (χ1) is 7.66. The van der Waals surface area contributed by atoms with Gasteiger partial charge in [0.1, 0.15) is 0 Å². The van der Waals surface area contributed by atoms with Crippen LogP contribution in [0.5, 0.6) is 11.5 Å². The summed E-state index contributed by atoms with van der Waals surface area (Å²) in [5.74, 6) is -0.120. The molecule has 0 saturated heterocycles. The van der Waals surface area contributed by atoms with Crippen molar-refractivity contribution in [3.05, 3.63) is 59.2 Å². The molecular weight excluding hydrogens is 200 g/mol. The molecule has 0 saturated carbocycles. The Balaban J connectivity index is 2.32. The summed E-state index contributed by atoms with van der Waals surface area (Å²) >= 11 is 0. The molecule has 0 aliphatic heterocycles. The lowest BCUT2D eigenvalue weighted by Crippen LogP contribution is -1.91. The molecule has 2 rings (SSSR count). The predicted molar refractivity (Wildman–Crippen MR) is 63.8 cm³/mol. The van der Waals surface area contributed by atoms with Crippen molar-refractivity contribution in [3.8, 4) is 11.5 Å². The van der Waals surface area contributed by atoms with Gasteiger partial charge < -0.3 is 10.2 Å². The van der Waals surface area contributed by atoms with E-state index in [0.29, 0.717) is 0 Å². The van der Waals surface area contributed by atoms with Gasteiger partial charge in [-0.2, -0.15) is 0 Å². The van der Waals surface area contributed by atoms with E-state index in [1.54, 1.807) is 12.1 Å². The molecule has 82 valence electrons. The third-order valence-electron chi connectivity index (χ3n) is 2.67. The molecule has 0 unspecified atom stereocenters. The SMILES string of the molecule is Cc1cc(O)c(O)cc1Cc1ccccc1. The first-order valence-corrected chi connectivity index (χ1v) is 5.22. The third kappa shape index (κ3) is 2.16. The van der Waals surface area contributed by atoms with Gasteiger partial charge in [0.2, 0.25) is 0 Å². The molecule has 2 heteroatoms. The number of aromatic hydroxyl groups is 2. The minimum absolute atomic E-state index is 0.0588. The first kappa shape index (κ1) is 10.6. The lowest BCUT2D eigenvalue weighted by molar-refractivity contribution is 0.403. The molecule has 0 spiro atoms. The molecule has 0 fully saturated rings. The zero-order chi connectivity index (χ0) is 11.5. The van der Waals surface area contributed by atoms with Crippen LogP contribution in [0.2, 0.25) is 0 Å². The van der Waals surface area contributed by atoms with Crippen molar-refractivity contribution in [2.75, 3.05) is 0 Å². The molecule has 0 heterocycles. The number of rotatable bonds is 2. The van der Waals surface area contributed by atoms with Crippen LogP contribution < -0.4 is 0 Å². The van der Waals surface area contributed by atoms with E-state index in [2.05, 4.69) is 0 Å². The molecule has 0 radical (unpaired) electrons. The largest absolute Gasteiger partial charge is 0.504 e. The van der Waals surface area contributed by atoms with E-state index in [1.807, 2.05) is 37.3 Å². The van der Waals surface area contributed by atoms with Gasteiger partial charge in [-0.25, -0.2) is 0 Å². The molecule has 2 aromatic rings. The van der Waals surface area contributed by atoms with Crippen molar-refractivity contribution in [2.24, 2.45) is 0 Å². The van der Waals surface area contributed by atoms with Gasteiger partial charge in [0.05, 0.1) is 0 Å². The first-order valence-electron chi connectivity index (χ1n) is 5.22. The van der Waals surface area contributed by atoms with Gasteiger partial charge in [-0.3, -0.25) is 0 Å². The molecular formula is C14H14O2. The van der Waals surface area contributed by atoms with E-state index in [1.165, 1.54) is 5.56 Å². The summed E-state index contributed by atoms with van der Waals surface area (Å²) in [5, 5.41) is 18.8. The van der Waals surface area contributed by atoms with Crippen molar-refractivity contribution in [2.45, 2.75) is 13.3 Å². The highest BCUT2D eigenvalue weighted by atomic mass is 16.3. The third-order valence-corrected chi connectivity index (χ3v) is 2.67. The van der Waals surface area contributed by atoms with Gasteiger partial charge in [-0.15, -0.1) is 0 Å². The molecule has 16 heavy (non-hydrogen) atoms. The van der Waals surface area contributed by atoms with Crippen LogP contribution in [0.25, 0.3) is 0 Å². The summed E-state index contributed by atoms with van der Waals surface area (Å²) in [6, 6.07) is 13.3. The second kappa shape index (κ2) is 4.27. The van der Waals surface area contributed by atoms with E-state index < -0.39 is 0 Å². The highest BCUT2D eigenvalue weighted by molar-refractivity contribution is 5.46. The Hall–Kier alpha value is -1.96. The molecule has 0 amide bonds. The van der Waals surface area contributed by atoms with E-state index >= 15 is 0 Å². The molecule has 0 aromatic heterocycles. The van der Waals surface area contributed by atoms with Gasteiger partial charge in [-0.05, 0) is 42.2 Å². The summed E-state index contributed by atoms with van der Waals surface area (Å²) in [4.78, 5) is 0. The normalized spacial score (nSPS) is 10.3. The Morgan fingerprint density at radius 3 is 2.25 bits per heavy atom. The lowest BCUT2D eigenvalue weighted by Gasteiger charge is -2.08. The van der Waals surface area contributed by atoms with Crippen LogP contribution in [0.1, 0.15) is 16.7 Å². The Morgan fingerprint density at radius 2 is 1.56 bits per heavy atom. The number of phenols is 2.